The van der Waals surface area contributed by atoms with Gasteiger partial charge in [-0.05, 0) is 31.5 Å². The summed E-state index contributed by atoms with van der Waals surface area (Å²) in [4.78, 5) is 24.6. The van der Waals surface area contributed by atoms with Crippen LogP contribution >= 0.6 is 0 Å². The molecule has 0 radical (unpaired) electrons. The largest absolute Gasteiger partial charge is 0.325 e. The minimum atomic E-state index is -0.870. The third kappa shape index (κ3) is 2.00. The fourth-order valence-electron chi connectivity index (χ4n) is 1.74. The maximum atomic E-state index is 12.7. The van der Waals surface area contributed by atoms with Crippen molar-refractivity contribution in [1.82, 2.24) is 10.2 Å². The van der Waals surface area contributed by atoms with E-state index in [9.17, 15) is 14.0 Å². The zero-order chi connectivity index (χ0) is 12.6. The number of hydrogen-bond donors (Lipinski definition) is 1. The fourth-order valence-corrected chi connectivity index (χ4v) is 1.74. The maximum absolute atomic E-state index is 12.7. The van der Waals surface area contributed by atoms with Gasteiger partial charge in [0.1, 0.15) is 11.4 Å². The molecule has 1 aromatic carbocycles. The van der Waals surface area contributed by atoms with Gasteiger partial charge in [-0.2, -0.15) is 0 Å². The number of halogens is 1. The summed E-state index contributed by atoms with van der Waals surface area (Å²) in [6.45, 7) is 3.64. The second-order valence-corrected chi connectivity index (χ2v) is 4.53. The molecule has 1 fully saturated rings. The van der Waals surface area contributed by atoms with Gasteiger partial charge < -0.3 is 4.90 Å². The van der Waals surface area contributed by atoms with Crippen LogP contribution < -0.4 is 5.32 Å². The van der Waals surface area contributed by atoms with E-state index < -0.39 is 11.6 Å². The van der Waals surface area contributed by atoms with E-state index in [1.54, 1.807) is 26.0 Å². The normalized spacial score (nSPS) is 18.4. The first-order valence-electron chi connectivity index (χ1n) is 5.29. The van der Waals surface area contributed by atoms with E-state index in [1.807, 2.05) is 0 Å². The summed E-state index contributed by atoms with van der Waals surface area (Å²) in [6.07, 6.45) is 0. The van der Waals surface area contributed by atoms with Gasteiger partial charge in [-0.1, -0.05) is 12.1 Å². The van der Waals surface area contributed by atoms with Crippen LogP contribution in [0, 0.1) is 5.82 Å². The van der Waals surface area contributed by atoms with Crippen LogP contribution in [-0.2, 0) is 11.3 Å². The van der Waals surface area contributed by atoms with Gasteiger partial charge >= 0.3 is 6.03 Å². The predicted octanol–water partition coefficient (Wildman–Crippen LogP) is 1.66. The Morgan fingerprint density at radius 3 is 2.29 bits per heavy atom. The van der Waals surface area contributed by atoms with Crippen molar-refractivity contribution >= 4 is 11.9 Å². The SMILES string of the molecule is CC1(C)C(=O)NC(=O)N1Cc1ccc(F)cc1. The lowest BCUT2D eigenvalue weighted by Gasteiger charge is -2.27. The number of amides is 3. The molecule has 5 heteroatoms. The van der Waals surface area contributed by atoms with Crippen molar-refractivity contribution in [3.8, 4) is 0 Å². The smallest absolute Gasteiger partial charge is 0.306 e. The Hall–Kier alpha value is -1.91. The third-order valence-electron chi connectivity index (χ3n) is 2.95. The van der Waals surface area contributed by atoms with Crippen molar-refractivity contribution in [2.75, 3.05) is 0 Å². The molecule has 1 aliphatic heterocycles. The van der Waals surface area contributed by atoms with Gasteiger partial charge in [0.25, 0.3) is 5.91 Å². The number of nitrogens with one attached hydrogen (secondary N) is 1. The lowest BCUT2D eigenvalue weighted by atomic mass is 10.0. The molecular formula is C12H13FN2O2. The van der Waals surface area contributed by atoms with E-state index in [4.69, 9.17) is 0 Å². The van der Waals surface area contributed by atoms with Crippen molar-refractivity contribution in [2.24, 2.45) is 0 Å². The number of urea groups is 1. The Morgan fingerprint density at radius 2 is 1.82 bits per heavy atom. The summed E-state index contributed by atoms with van der Waals surface area (Å²) >= 11 is 0. The molecular weight excluding hydrogens is 223 g/mol. The molecule has 0 bridgehead atoms. The highest BCUT2D eigenvalue weighted by Crippen LogP contribution is 2.23. The molecule has 90 valence electrons. The number of hydrogen-bond acceptors (Lipinski definition) is 2. The molecule has 2 rings (SSSR count). The van der Waals surface area contributed by atoms with E-state index in [0.29, 0.717) is 0 Å². The van der Waals surface area contributed by atoms with Crippen LogP contribution in [0.2, 0.25) is 0 Å². The lowest BCUT2D eigenvalue weighted by Crippen LogP contribution is -2.43. The van der Waals surface area contributed by atoms with Crippen molar-refractivity contribution in [1.29, 1.82) is 0 Å². The van der Waals surface area contributed by atoms with Crippen molar-refractivity contribution in [3.05, 3.63) is 35.6 Å². The summed E-state index contributed by atoms with van der Waals surface area (Å²) in [5.74, 6) is -0.639. The van der Waals surface area contributed by atoms with Gasteiger partial charge in [0.15, 0.2) is 0 Å². The van der Waals surface area contributed by atoms with Crippen LogP contribution in [0.4, 0.5) is 9.18 Å². The molecule has 3 amide bonds. The maximum Gasteiger partial charge on any atom is 0.325 e. The van der Waals surface area contributed by atoms with Gasteiger partial charge in [-0.3, -0.25) is 10.1 Å². The number of benzene rings is 1. The summed E-state index contributed by atoms with van der Waals surface area (Å²) in [6, 6.07) is 5.45. The topological polar surface area (TPSA) is 49.4 Å². The van der Waals surface area contributed by atoms with E-state index in [0.717, 1.165) is 5.56 Å². The van der Waals surface area contributed by atoms with Crippen LogP contribution in [-0.4, -0.2) is 22.4 Å². The van der Waals surface area contributed by atoms with Crippen molar-refractivity contribution in [3.63, 3.8) is 0 Å². The molecule has 0 unspecified atom stereocenters. The number of imide groups is 1. The highest BCUT2D eigenvalue weighted by Gasteiger charge is 2.45. The molecule has 4 nitrogen and oxygen atoms in total. The van der Waals surface area contributed by atoms with Gasteiger partial charge in [-0.15, -0.1) is 0 Å². The summed E-state index contributed by atoms with van der Waals surface area (Å²) in [7, 11) is 0. The average Bonchev–Trinajstić information content (AvgIpc) is 2.44. The van der Waals surface area contributed by atoms with Crippen LogP contribution in [0.15, 0.2) is 24.3 Å². The first-order valence-corrected chi connectivity index (χ1v) is 5.29. The Labute approximate surface area is 98.4 Å². The monoisotopic (exact) mass is 236 g/mol. The Morgan fingerprint density at radius 1 is 1.24 bits per heavy atom. The van der Waals surface area contributed by atoms with E-state index in [2.05, 4.69) is 5.32 Å². The van der Waals surface area contributed by atoms with Crippen LogP contribution in [0.25, 0.3) is 0 Å². The quantitative estimate of drug-likeness (QED) is 0.794. The molecule has 0 spiro atoms. The third-order valence-corrected chi connectivity index (χ3v) is 2.95. The van der Waals surface area contributed by atoms with Crippen LogP contribution in [0.3, 0.4) is 0 Å². The summed E-state index contributed by atoms with van der Waals surface area (Å²) < 4.78 is 12.7. The van der Waals surface area contributed by atoms with Gasteiger partial charge in [0.2, 0.25) is 0 Å². The molecule has 1 saturated heterocycles. The second kappa shape index (κ2) is 3.84. The molecule has 1 heterocycles. The number of rotatable bonds is 2. The Balaban J connectivity index is 2.21. The summed E-state index contributed by atoms with van der Waals surface area (Å²) in [5.41, 5.74) is -0.0878. The minimum absolute atomic E-state index is 0.283. The zero-order valence-corrected chi connectivity index (χ0v) is 9.66. The molecule has 0 aliphatic carbocycles. The Kier molecular flexibility index (Phi) is 2.61. The first-order chi connectivity index (χ1) is 7.91. The predicted molar refractivity (Wildman–Crippen MR) is 59.6 cm³/mol. The molecule has 0 aromatic heterocycles. The fraction of sp³-hybridized carbons (Fsp3) is 0.333. The van der Waals surface area contributed by atoms with Gasteiger partial charge in [-0.25, -0.2) is 9.18 Å². The van der Waals surface area contributed by atoms with Crippen LogP contribution in [0.1, 0.15) is 19.4 Å². The van der Waals surface area contributed by atoms with Gasteiger partial charge in [0, 0.05) is 6.54 Å². The molecule has 1 N–H and O–H groups in total. The van der Waals surface area contributed by atoms with E-state index >= 15 is 0 Å². The summed E-state index contributed by atoms with van der Waals surface area (Å²) in [5, 5.41) is 2.26. The van der Waals surface area contributed by atoms with E-state index in [1.165, 1.54) is 17.0 Å². The van der Waals surface area contributed by atoms with E-state index in [-0.39, 0.29) is 18.3 Å². The highest BCUT2D eigenvalue weighted by atomic mass is 19.1. The lowest BCUT2D eigenvalue weighted by molar-refractivity contribution is -0.125. The average molecular weight is 236 g/mol. The van der Waals surface area contributed by atoms with Crippen LogP contribution in [0.5, 0.6) is 0 Å². The standard InChI is InChI=1S/C12H13FN2O2/c1-12(2)10(16)14-11(17)15(12)7-8-3-5-9(13)6-4-8/h3-6H,7H2,1-2H3,(H,14,16,17). The highest BCUT2D eigenvalue weighted by molar-refractivity contribution is 6.06. The molecule has 1 aliphatic rings. The minimum Gasteiger partial charge on any atom is -0.306 e. The molecule has 1 aromatic rings. The number of carbonyl (C=O) groups is 2. The van der Waals surface area contributed by atoms with Crippen molar-refractivity contribution in [2.45, 2.75) is 25.9 Å². The van der Waals surface area contributed by atoms with Crippen molar-refractivity contribution < 1.29 is 14.0 Å². The van der Waals surface area contributed by atoms with Gasteiger partial charge in [0.05, 0.1) is 0 Å². The molecule has 0 atom stereocenters. The molecule has 17 heavy (non-hydrogen) atoms. The second-order valence-electron chi connectivity index (χ2n) is 4.53. The molecule has 0 saturated carbocycles. The first kappa shape index (κ1) is 11.6. The number of carbonyl (C=O) groups excluding carboxylic acids is 2. The zero-order valence-electron chi connectivity index (χ0n) is 9.66. The Bertz CT molecular complexity index is 468. The number of nitrogens with zero attached hydrogens (tertiary/aromatic N) is 1.